The van der Waals surface area contributed by atoms with Crippen LogP contribution in [0.1, 0.15) is 24.8 Å². The standard InChI is InChI=1S/C14H19N3O/c1-14(5-6-15-10-14)13-9-16-11-17(13)7-4-12-3-2-8-18-12/h2-3,8-9,11,15H,4-7,10H2,1H3. The van der Waals surface area contributed by atoms with Crippen molar-refractivity contribution in [2.24, 2.45) is 0 Å². The minimum Gasteiger partial charge on any atom is -0.469 e. The molecule has 0 radical (unpaired) electrons. The Kier molecular flexibility index (Phi) is 2.96. The van der Waals surface area contributed by atoms with E-state index in [1.807, 2.05) is 24.7 Å². The van der Waals surface area contributed by atoms with Gasteiger partial charge in [0.25, 0.3) is 0 Å². The number of nitrogens with one attached hydrogen (secondary N) is 1. The SMILES string of the molecule is CC1(c2cncn2CCc2ccco2)CCNC1. The smallest absolute Gasteiger partial charge is 0.105 e. The Bertz CT molecular complexity index is 495. The van der Waals surface area contributed by atoms with Gasteiger partial charge in [-0.3, -0.25) is 0 Å². The Hall–Kier alpha value is -1.55. The molecule has 1 aliphatic heterocycles. The number of nitrogens with zero attached hydrogens (tertiary/aromatic N) is 2. The van der Waals surface area contributed by atoms with Crippen LogP contribution >= 0.6 is 0 Å². The van der Waals surface area contributed by atoms with Crippen molar-refractivity contribution < 1.29 is 4.42 Å². The molecule has 1 N–H and O–H groups in total. The number of furan rings is 1. The molecule has 3 rings (SSSR count). The van der Waals surface area contributed by atoms with E-state index in [0.29, 0.717) is 0 Å². The molecule has 2 aromatic rings. The molecular formula is C14H19N3O. The minimum atomic E-state index is 0.222. The summed E-state index contributed by atoms with van der Waals surface area (Å²) in [5, 5.41) is 3.44. The van der Waals surface area contributed by atoms with Crippen LogP contribution < -0.4 is 5.32 Å². The van der Waals surface area contributed by atoms with E-state index in [4.69, 9.17) is 4.42 Å². The van der Waals surface area contributed by atoms with Crippen molar-refractivity contribution in [3.8, 4) is 0 Å². The van der Waals surface area contributed by atoms with Crippen molar-refractivity contribution in [1.29, 1.82) is 0 Å². The highest BCUT2D eigenvalue weighted by molar-refractivity contribution is 5.17. The van der Waals surface area contributed by atoms with E-state index in [9.17, 15) is 0 Å². The first kappa shape index (κ1) is 11.5. The Morgan fingerprint density at radius 2 is 2.50 bits per heavy atom. The zero-order valence-corrected chi connectivity index (χ0v) is 10.7. The molecule has 0 aromatic carbocycles. The van der Waals surface area contributed by atoms with Gasteiger partial charge in [0.05, 0.1) is 12.6 Å². The normalized spacial score (nSPS) is 23.6. The van der Waals surface area contributed by atoms with E-state index in [1.54, 1.807) is 6.26 Å². The van der Waals surface area contributed by atoms with Crippen molar-refractivity contribution in [2.45, 2.75) is 31.7 Å². The molecule has 18 heavy (non-hydrogen) atoms. The third-order valence-electron chi connectivity index (χ3n) is 3.88. The first-order valence-corrected chi connectivity index (χ1v) is 6.52. The molecule has 1 unspecified atom stereocenters. The Balaban J connectivity index is 1.75. The maximum Gasteiger partial charge on any atom is 0.105 e. The second kappa shape index (κ2) is 4.61. The summed E-state index contributed by atoms with van der Waals surface area (Å²) in [4.78, 5) is 4.32. The Morgan fingerprint density at radius 1 is 1.56 bits per heavy atom. The van der Waals surface area contributed by atoms with Gasteiger partial charge in [0.15, 0.2) is 0 Å². The minimum absolute atomic E-state index is 0.222. The van der Waals surface area contributed by atoms with Crippen LogP contribution in [0.4, 0.5) is 0 Å². The molecule has 3 heterocycles. The van der Waals surface area contributed by atoms with Crippen LogP contribution in [0.3, 0.4) is 0 Å². The second-order valence-electron chi connectivity index (χ2n) is 5.29. The van der Waals surface area contributed by atoms with Gasteiger partial charge in [-0.1, -0.05) is 6.92 Å². The van der Waals surface area contributed by atoms with E-state index in [0.717, 1.165) is 31.8 Å². The average Bonchev–Trinajstić information content (AvgIpc) is 3.08. The number of rotatable bonds is 4. The van der Waals surface area contributed by atoms with Crippen molar-refractivity contribution in [3.63, 3.8) is 0 Å². The molecule has 96 valence electrons. The lowest BCUT2D eigenvalue weighted by molar-refractivity contribution is 0.452. The topological polar surface area (TPSA) is 43.0 Å². The van der Waals surface area contributed by atoms with Crippen molar-refractivity contribution >= 4 is 0 Å². The fourth-order valence-corrected chi connectivity index (χ4v) is 2.72. The van der Waals surface area contributed by atoms with Crippen LogP contribution in [-0.4, -0.2) is 22.6 Å². The number of hydrogen-bond donors (Lipinski definition) is 1. The molecule has 0 aliphatic carbocycles. The summed E-state index contributed by atoms with van der Waals surface area (Å²) >= 11 is 0. The van der Waals surface area contributed by atoms with Crippen LogP contribution in [0.2, 0.25) is 0 Å². The highest BCUT2D eigenvalue weighted by atomic mass is 16.3. The maximum atomic E-state index is 5.38. The first-order chi connectivity index (χ1) is 8.78. The van der Waals surface area contributed by atoms with Crippen LogP contribution in [0.15, 0.2) is 35.3 Å². The van der Waals surface area contributed by atoms with Crippen LogP contribution in [0.25, 0.3) is 0 Å². The molecule has 4 heteroatoms. The Morgan fingerprint density at radius 3 is 3.22 bits per heavy atom. The molecule has 1 fully saturated rings. The van der Waals surface area contributed by atoms with E-state index in [-0.39, 0.29) is 5.41 Å². The number of aromatic nitrogens is 2. The quantitative estimate of drug-likeness (QED) is 0.895. The van der Waals surface area contributed by atoms with Crippen LogP contribution in [-0.2, 0) is 18.4 Å². The monoisotopic (exact) mass is 245 g/mol. The van der Waals surface area contributed by atoms with E-state index >= 15 is 0 Å². The summed E-state index contributed by atoms with van der Waals surface area (Å²) in [5.41, 5.74) is 1.55. The van der Waals surface area contributed by atoms with Crippen molar-refractivity contribution in [1.82, 2.24) is 14.9 Å². The van der Waals surface area contributed by atoms with Crippen molar-refractivity contribution in [3.05, 3.63) is 42.4 Å². The molecule has 0 spiro atoms. The zero-order valence-electron chi connectivity index (χ0n) is 10.7. The predicted octanol–water partition coefficient (Wildman–Crippen LogP) is 1.97. The zero-order chi connectivity index (χ0) is 12.4. The summed E-state index contributed by atoms with van der Waals surface area (Å²) < 4.78 is 7.64. The van der Waals surface area contributed by atoms with E-state index in [1.165, 1.54) is 12.1 Å². The van der Waals surface area contributed by atoms with Gasteiger partial charge >= 0.3 is 0 Å². The summed E-state index contributed by atoms with van der Waals surface area (Å²) in [7, 11) is 0. The van der Waals surface area contributed by atoms with E-state index < -0.39 is 0 Å². The average molecular weight is 245 g/mol. The maximum absolute atomic E-state index is 5.38. The van der Waals surface area contributed by atoms with Gasteiger partial charge in [-0.2, -0.15) is 0 Å². The molecular weight excluding hydrogens is 226 g/mol. The highest BCUT2D eigenvalue weighted by Crippen LogP contribution is 2.29. The van der Waals surface area contributed by atoms with Gasteiger partial charge in [-0.05, 0) is 25.1 Å². The van der Waals surface area contributed by atoms with Gasteiger partial charge in [0.2, 0.25) is 0 Å². The van der Waals surface area contributed by atoms with Gasteiger partial charge in [-0.15, -0.1) is 0 Å². The summed E-state index contributed by atoms with van der Waals surface area (Å²) in [5.74, 6) is 1.03. The number of hydrogen-bond acceptors (Lipinski definition) is 3. The molecule has 1 atom stereocenters. The molecule has 2 aromatic heterocycles. The predicted molar refractivity (Wildman–Crippen MR) is 69.5 cm³/mol. The fourth-order valence-electron chi connectivity index (χ4n) is 2.72. The lowest BCUT2D eigenvalue weighted by atomic mass is 9.86. The lowest BCUT2D eigenvalue weighted by Gasteiger charge is -2.24. The molecule has 1 saturated heterocycles. The van der Waals surface area contributed by atoms with Gasteiger partial charge in [0.1, 0.15) is 5.76 Å². The summed E-state index contributed by atoms with van der Waals surface area (Å²) in [6.45, 7) is 5.38. The second-order valence-corrected chi connectivity index (χ2v) is 5.29. The molecule has 1 aliphatic rings. The van der Waals surface area contributed by atoms with Crippen LogP contribution in [0, 0.1) is 0 Å². The van der Waals surface area contributed by atoms with Crippen molar-refractivity contribution in [2.75, 3.05) is 13.1 Å². The number of aryl methyl sites for hydroxylation is 2. The molecule has 0 bridgehead atoms. The van der Waals surface area contributed by atoms with Gasteiger partial charge < -0.3 is 14.3 Å². The third kappa shape index (κ3) is 2.08. The molecule has 4 nitrogen and oxygen atoms in total. The first-order valence-electron chi connectivity index (χ1n) is 6.52. The third-order valence-corrected chi connectivity index (χ3v) is 3.88. The number of imidazole rings is 1. The largest absolute Gasteiger partial charge is 0.469 e. The molecule has 0 amide bonds. The fraction of sp³-hybridized carbons (Fsp3) is 0.500. The lowest BCUT2D eigenvalue weighted by Crippen LogP contribution is -2.28. The molecule has 0 saturated carbocycles. The van der Waals surface area contributed by atoms with Crippen LogP contribution in [0.5, 0.6) is 0 Å². The summed E-state index contributed by atoms with van der Waals surface area (Å²) in [6.07, 6.45) is 7.77. The Labute approximate surface area is 107 Å². The summed E-state index contributed by atoms with van der Waals surface area (Å²) in [6, 6.07) is 3.96. The van der Waals surface area contributed by atoms with E-state index in [2.05, 4.69) is 21.8 Å². The highest BCUT2D eigenvalue weighted by Gasteiger charge is 2.33. The van der Waals surface area contributed by atoms with Gasteiger partial charge in [-0.25, -0.2) is 4.98 Å². The van der Waals surface area contributed by atoms with Gasteiger partial charge in [0, 0.05) is 36.8 Å².